The fourth-order valence-corrected chi connectivity index (χ4v) is 4.79. The lowest BCUT2D eigenvalue weighted by molar-refractivity contribution is -0.116. The van der Waals surface area contributed by atoms with Crippen LogP contribution in [0.4, 0.5) is 10.1 Å². The van der Waals surface area contributed by atoms with E-state index in [2.05, 4.69) is 27.9 Å². The number of halogens is 3. The number of benzene rings is 3. The fourth-order valence-electron chi connectivity index (χ4n) is 2.84. The third-order valence-corrected chi connectivity index (χ3v) is 7.38. The minimum Gasteiger partial charge on any atom is -0.325 e. The monoisotopic (exact) mass is 572 g/mol. The van der Waals surface area contributed by atoms with Crippen LogP contribution in [0.1, 0.15) is 11.1 Å². The van der Waals surface area contributed by atoms with Crippen LogP contribution in [0.3, 0.4) is 0 Å². The molecule has 0 atom stereocenters. The average molecular weight is 573 g/mol. The molecule has 0 heterocycles. The normalized spacial score (nSPS) is 11.5. The third-order valence-electron chi connectivity index (χ3n) is 4.50. The van der Waals surface area contributed by atoms with Gasteiger partial charge in [-0.3, -0.25) is 4.79 Å². The molecular weight excluding hydrogens is 554 g/mol. The number of amides is 1. The molecule has 1 N–H and O–H groups in total. The van der Waals surface area contributed by atoms with Crippen molar-refractivity contribution >= 4 is 55.8 Å². The number of hydrogen-bond acceptors (Lipinski definition) is 3. The van der Waals surface area contributed by atoms with Gasteiger partial charge in [0.2, 0.25) is 15.9 Å². The van der Waals surface area contributed by atoms with Crippen molar-refractivity contribution in [3.05, 3.63) is 92.3 Å². The number of nitrogens with one attached hydrogen (secondary N) is 1. The molecule has 5 nitrogen and oxygen atoms in total. The summed E-state index contributed by atoms with van der Waals surface area (Å²) in [6.45, 7) is 0.941. The first kappa shape index (κ1) is 23.6. The molecule has 0 aromatic heterocycles. The Kier molecular flexibility index (Phi) is 7.68. The molecule has 3 aromatic carbocycles. The Labute approximate surface area is 199 Å². The van der Waals surface area contributed by atoms with Gasteiger partial charge in [0.25, 0.3) is 0 Å². The van der Waals surface area contributed by atoms with Crippen LogP contribution in [0.25, 0.3) is 0 Å². The zero-order chi connectivity index (χ0) is 22.6. The van der Waals surface area contributed by atoms with Crippen LogP contribution < -0.4 is 5.32 Å². The molecule has 0 aliphatic rings. The molecule has 1 amide bonds. The van der Waals surface area contributed by atoms with Gasteiger partial charge >= 0.3 is 0 Å². The molecule has 0 spiro atoms. The Morgan fingerprint density at radius 2 is 1.71 bits per heavy atom. The van der Waals surface area contributed by atoms with E-state index in [9.17, 15) is 17.6 Å². The maximum absolute atomic E-state index is 14.4. The molecule has 9 heteroatoms. The summed E-state index contributed by atoms with van der Waals surface area (Å²) in [6, 6.07) is 17.4. The quantitative estimate of drug-likeness (QED) is 0.395. The minimum atomic E-state index is -4.10. The molecule has 0 bridgehead atoms. The van der Waals surface area contributed by atoms with E-state index in [-0.39, 0.29) is 22.0 Å². The standard InChI is InChI=1S/C22H19ClFIN2O3S/c1-15-5-11-18(12-6-15)31(29,30)27(13-19-20(23)3-2-4-21(19)24)14-22(28)26-17-9-7-16(25)8-10-17/h2-12H,13-14H2,1H3,(H,26,28). The van der Waals surface area contributed by atoms with E-state index in [1.807, 2.05) is 19.1 Å². The molecular formula is C22H19ClFIN2O3S. The Balaban J connectivity index is 1.92. The number of nitrogens with zero attached hydrogens (tertiary/aromatic N) is 1. The van der Waals surface area contributed by atoms with E-state index in [0.29, 0.717) is 5.69 Å². The van der Waals surface area contributed by atoms with Crippen LogP contribution >= 0.6 is 34.2 Å². The molecule has 162 valence electrons. The molecule has 3 aromatic rings. The van der Waals surface area contributed by atoms with Gasteiger partial charge in [-0.2, -0.15) is 4.31 Å². The second-order valence-corrected chi connectivity index (χ2v) is 10.4. The Morgan fingerprint density at radius 3 is 2.32 bits per heavy atom. The lowest BCUT2D eigenvalue weighted by Crippen LogP contribution is -2.37. The maximum Gasteiger partial charge on any atom is 0.243 e. The highest BCUT2D eigenvalue weighted by atomic mass is 127. The molecule has 0 saturated heterocycles. The predicted molar refractivity (Wildman–Crippen MR) is 128 cm³/mol. The van der Waals surface area contributed by atoms with Crippen molar-refractivity contribution in [1.29, 1.82) is 0 Å². The lowest BCUT2D eigenvalue weighted by atomic mass is 10.2. The van der Waals surface area contributed by atoms with E-state index in [1.165, 1.54) is 30.3 Å². The number of hydrogen-bond donors (Lipinski definition) is 1. The van der Waals surface area contributed by atoms with E-state index in [4.69, 9.17) is 11.6 Å². The maximum atomic E-state index is 14.4. The van der Waals surface area contributed by atoms with Gasteiger partial charge in [0, 0.05) is 26.4 Å². The van der Waals surface area contributed by atoms with Crippen LogP contribution in [-0.4, -0.2) is 25.2 Å². The number of rotatable bonds is 7. The molecule has 0 aliphatic heterocycles. The largest absolute Gasteiger partial charge is 0.325 e. The minimum absolute atomic E-state index is 0.00178. The second kappa shape index (κ2) is 10.1. The first-order chi connectivity index (χ1) is 14.7. The lowest BCUT2D eigenvalue weighted by Gasteiger charge is -2.23. The summed E-state index contributed by atoms with van der Waals surface area (Å²) in [5.41, 5.74) is 1.42. The highest BCUT2D eigenvalue weighted by Crippen LogP contribution is 2.25. The van der Waals surface area contributed by atoms with Gasteiger partial charge < -0.3 is 5.32 Å². The molecule has 0 unspecified atom stereocenters. The van der Waals surface area contributed by atoms with Crippen molar-refractivity contribution in [1.82, 2.24) is 4.31 Å². The summed E-state index contributed by atoms with van der Waals surface area (Å²) >= 11 is 8.25. The molecule has 0 aliphatic carbocycles. The zero-order valence-electron chi connectivity index (χ0n) is 16.5. The topological polar surface area (TPSA) is 66.5 Å². The summed E-state index contributed by atoms with van der Waals surface area (Å²) in [7, 11) is -4.10. The van der Waals surface area contributed by atoms with Gasteiger partial charge in [0.1, 0.15) is 5.82 Å². The summed E-state index contributed by atoms with van der Waals surface area (Å²) in [5.74, 6) is -1.20. The number of aryl methyl sites for hydroxylation is 1. The second-order valence-electron chi connectivity index (χ2n) is 6.84. The van der Waals surface area contributed by atoms with Gasteiger partial charge in [-0.15, -0.1) is 0 Å². The highest BCUT2D eigenvalue weighted by molar-refractivity contribution is 14.1. The van der Waals surface area contributed by atoms with Crippen LogP contribution in [0.15, 0.2) is 71.6 Å². The van der Waals surface area contributed by atoms with E-state index >= 15 is 0 Å². The summed E-state index contributed by atoms with van der Waals surface area (Å²) in [5, 5.41) is 2.76. The molecule has 0 saturated carbocycles. The number of carbonyl (C=O) groups is 1. The van der Waals surface area contributed by atoms with Crippen LogP contribution in [0.2, 0.25) is 5.02 Å². The fraction of sp³-hybridized carbons (Fsp3) is 0.136. The van der Waals surface area contributed by atoms with E-state index in [1.54, 1.807) is 24.3 Å². The Hall–Kier alpha value is -2.01. The third kappa shape index (κ3) is 6.03. The van der Waals surface area contributed by atoms with E-state index < -0.39 is 28.3 Å². The van der Waals surface area contributed by atoms with Crippen molar-refractivity contribution < 1.29 is 17.6 Å². The SMILES string of the molecule is Cc1ccc(S(=O)(=O)N(CC(=O)Nc2ccc(I)cc2)Cc2c(F)cccc2Cl)cc1. The van der Waals surface area contributed by atoms with Crippen LogP contribution in [0.5, 0.6) is 0 Å². The number of carbonyl (C=O) groups excluding carboxylic acids is 1. The van der Waals surface area contributed by atoms with Gasteiger partial charge in [0.15, 0.2) is 0 Å². The predicted octanol–water partition coefficient (Wildman–Crippen LogP) is 5.22. The summed E-state index contributed by atoms with van der Waals surface area (Å²) in [6.07, 6.45) is 0. The first-order valence-electron chi connectivity index (χ1n) is 9.22. The molecule has 0 fully saturated rings. The van der Waals surface area contributed by atoms with E-state index in [0.717, 1.165) is 13.4 Å². The zero-order valence-corrected chi connectivity index (χ0v) is 20.2. The number of anilines is 1. The van der Waals surface area contributed by atoms with Crippen molar-refractivity contribution in [2.75, 3.05) is 11.9 Å². The summed E-state index contributed by atoms with van der Waals surface area (Å²) in [4.78, 5) is 12.7. The van der Waals surface area contributed by atoms with Gasteiger partial charge in [-0.25, -0.2) is 12.8 Å². The van der Waals surface area contributed by atoms with Crippen molar-refractivity contribution in [2.24, 2.45) is 0 Å². The van der Waals surface area contributed by atoms with Crippen LogP contribution in [-0.2, 0) is 21.4 Å². The smallest absolute Gasteiger partial charge is 0.243 e. The van der Waals surface area contributed by atoms with Gasteiger partial charge in [0.05, 0.1) is 11.4 Å². The van der Waals surface area contributed by atoms with Crippen molar-refractivity contribution in [3.63, 3.8) is 0 Å². The van der Waals surface area contributed by atoms with Crippen molar-refractivity contribution in [2.45, 2.75) is 18.4 Å². The molecule has 3 rings (SSSR count). The number of sulfonamides is 1. The van der Waals surface area contributed by atoms with Crippen molar-refractivity contribution in [3.8, 4) is 0 Å². The first-order valence-corrected chi connectivity index (χ1v) is 12.1. The molecule has 31 heavy (non-hydrogen) atoms. The van der Waals surface area contributed by atoms with Gasteiger partial charge in [-0.05, 0) is 78.0 Å². The molecule has 0 radical (unpaired) electrons. The Morgan fingerprint density at radius 1 is 1.06 bits per heavy atom. The summed E-state index contributed by atoms with van der Waals surface area (Å²) < 4.78 is 42.8. The average Bonchev–Trinajstić information content (AvgIpc) is 2.72. The van der Waals surface area contributed by atoms with Crippen LogP contribution in [0, 0.1) is 16.3 Å². The Bertz CT molecular complexity index is 1170. The van der Waals surface area contributed by atoms with Gasteiger partial charge in [-0.1, -0.05) is 35.4 Å². The highest BCUT2D eigenvalue weighted by Gasteiger charge is 2.28.